The molecule has 3 nitrogen and oxygen atoms in total. The highest BCUT2D eigenvalue weighted by molar-refractivity contribution is 7.84. The standard InChI is InChI=1S/C40H34NO2PS/c42-40(36-28-16-17-29-37(36)44(34-24-12-4-13-25-34)35-26-14-5-15-27-35)41-38(32-20-8-2-9-21-32)39(33-22-10-3-11-23-33)45(43)30-31-18-6-1-7-19-31/h1-29,38-39H,30H2,(H,41,42)/t38-,39+,45-/m0/s1. The van der Waals surface area contributed by atoms with Crippen LogP contribution >= 0.6 is 7.92 Å². The zero-order chi connectivity index (χ0) is 30.8. The summed E-state index contributed by atoms with van der Waals surface area (Å²) >= 11 is 0. The first-order chi connectivity index (χ1) is 22.2. The number of carbonyl (C=O) groups excluding carboxylic acids is 1. The van der Waals surface area contributed by atoms with Gasteiger partial charge in [-0.25, -0.2) is 0 Å². The lowest BCUT2D eigenvalue weighted by atomic mass is 9.97. The second kappa shape index (κ2) is 14.9. The van der Waals surface area contributed by atoms with Crippen LogP contribution in [0.2, 0.25) is 0 Å². The van der Waals surface area contributed by atoms with E-state index in [9.17, 15) is 9.00 Å². The van der Waals surface area contributed by atoms with E-state index in [1.165, 1.54) is 10.6 Å². The molecule has 6 aromatic carbocycles. The maximum atomic E-state index is 14.5. The Hall–Kier alpha value is -4.63. The van der Waals surface area contributed by atoms with Crippen LogP contribution in [0.1, 0.15) is 38.3 Å². The first-order valence-corrected chi connectivity index (χ1v) is 17.7. The molecular weight excluding hydrogens is 589 g/mol. The van der Waals surface area contributed by atoms with Gasteiger partial charge in [0.1, 0.15) is 0 Å². The third kappa shape index (κ3) is 7.37. The molecule has 222 valence electrons. The molecule has 0 aromatic heterocycles. The van der Waals surface area contributed by atoms with E-state index in [1.54, 1.807) is 0 Å². The first-order valence-electron chi connectivity index (χ1n) is 15.0. The topological polar surface area (TPSA) is 46.2 Å². The molecule has 0 aliphatic carbocycles. The van der Waals surface area contributed by atoms with E-state index in [0.29, 0.717) is 11.3 Å². The second-order valence-electron chi connectivity index (χ2n) is 10.7. The van der Waals surface area contributed by atoms with Gasteiger partial charge < -0.3 is 5.32 Å². The van der Waals surface area contributed by atoms with Gasteiger partial charge in [0.15, 0.2) is 0 Å². The molecule has 0 unspecified atom stereocenters. The highest BCUT2D eigenvalue weighted by Crippen LogP contribution is 2.37. The van der Waals surface area contributed by atoms with Crippen molar-refractivity contribution in [1.82, 2.24) is 5.32 Å². The fraction of sp³-hybridized carbons (Fsp3) is 0.0750. The van der Waals surface area contributed by atoms with Crippen LogP contribution in [0.5, 0.6) is 0 Å². The molecule has 0 fully saturated rings. The smallest absolute Gasteiger partial charge is 0.252 e. The number of amides is 1. The lowest BCUT2D eigenvalue weighted by molar-refractivity contribution is 0.0937. The van der Waals surface area contributed by atoms with E-state index in [2.05, 4.69) is 35.6 Å². The second-order valence-corrected chi connectivity index (χ2v) is 14.5. The van der Waals surface area contributed by atoms with E-state index in [0.717, 1.165) is 22.0 Å². The predicted octanol–water partition coefficient (Wildman–Crippen LogP) is 7.61. The molecule has 0 aliphatic rings. The van der Waals surface area contributed by atoms with Crippen LogP contribution in [0.3, 0.4) is 0 Å². The highest BCUT2D eigenvalue weighted by atomic mass is 32.2. The van der Waals surface area contributed by atoms with Crippen LogP contribution < -0.4 is 21.2 Å². The van der Waals surface area contributed by atoms with E-state index in [1.807, 2.05) is 146 Å². The molecule has 0 bridgehead atoms. The van der Waals surface area contributed by atoms with Crippen molar-refractivity contribution in [3.63, 3.8) is 0 Å². The summed E-state index contributed by atoms with van der Waals surface area (Å²) in [6.07, 6.45) is 0. The Morgan fingerprint density at radius 1 is 0.556 bits per heavy atom. The van der Waals surface area contributed by atoms with Gasteiger partial charge in [-0.05, 0) is 46.6 Å². The van der Waals surface area contributed by atoms with Gasteiger partial charge in [-0.1, -0.05) is 170 Å². The molecule has 0 saturated heterocycles. The van der Waals surface area contributed by atoms with Crippen molar-refractivity contribution in [3.05, 3.63) is 198 Å². The Kier molecular flexibility index (Phi) is 10.1. The zero-order valence-corrected chi connectivity index (χ0v) is 26.5. The average Bonchev–Trinajstić information content (AvgIpc) is 3.10. The van der Waals surface area contributed by atoms with Gasteiger partial charge in [0.05, 0.1) is 11.3 Å². The molecular formula is C40H34NO2PS. The van der Waals surface area contributed by atoms with Crippen molar-refractivity contribution in [2.45, 2.75) is 17.0 Å². The van der Waals surface area contributed by atoms with Crippen molar-refractivity contribution in [1.29, 1.82) is 0 Å². The van der Waals surface area contributed by atoms with Crippen molar-refractivity contribution < 1.29 is 9.00 Å². The molecule has 6 rings (SSSR count). The number of carbonyl (C=O) groups is 1. The van der Waals surface area contributed by atoms with Crippen LogP contribution in [0, 0.1) is 0 Å². The number of rotatable bonds is 11. The minimum absolute atomic E-state index is 0.184. The molecule has 0 heterocycles. The molecule has 5 heteroatoms. The SMILES string of the molecule is O=C(N[C@@H](c1ccccc1)[C@@H](c1ccccc1)[S@@](=O)Cc1ccccc1)c1ccccc1P(c1ccccc1)c1ccccc1. The van der Waals surface area contributed by atoms with Crippen LogP contribution in [0.25, 0.3) is 0 Å². The number of nitrogens with one attached hydrogen (secondary N) is 1. The normalized spacial score (nSPS) is 13.1. The fourth-order valence-electron chi connectivity index (χ4n) is 5.62. The lowest BCUT2D eigenvalue weighted by Crippen LogP contribution is -2.37. The molecule has 0 spiro atoms. The summed E-state index contributed by atoms with van der Waals surface area (Å²) in [4.78, 5) is 14.5. The summed E-state index contributed by atoms with van der Waals surface area (Å²) in [5.74, 6) is 0.195. The van der Waals surface area contributed by atoms with Crippen LogP contribution in [0.4, 0.5) is 0 Å². The molecule has 6 aromatic rings. The summed E-state index contributed by atoms with van der Waals surface area (Å²) in [6, 6.07) is 57.9. The summed E-state index contributed by atoms with van der Waals surface area (Å²) in [7, 11) is -2.35. The summed E-state index contributed by atoms with van der Waals surface area (Å²) in [5.41, 5.74) is 3.45. The van der Waals surface area contributed by atoms with E-state index >= 15 is 0 Å². The van der Waals surface area contributed by atoms with Gasteiger partial charge in [0, 0.05) is 22.1 Å². The van der Waals surface area contributed by atoms with Gasteiger partial charge in [-0.15, -0.1) is 0 Å². The van der Waals surface area contributed by atoms with Crippen LogP contribution in [0.15, 0.2) is 176 Å². The Morgan fingerprint density at radius 2 is 1.00 bits per heavy atom. The maximum Gasteiger partial charge on any atom is 0.252 e. The molecule has 1 amide bonds. The predicted molar refractivity (Wildman–Crippen MR) is 189 cm³/mol. The monoisotopic (exact) mass is 623 g/mol. The number of benzene rings is 6. The lowest BCUT2D eigenvalue weighted by Gasteiger charge is -2.29. The highest BCUT2D eigenvalue weighted by Gasteiger charge is 2.33. The van der Waals surface area contributed by atoms with E-state index < -0.39 is 30.0 Å². The number of hydrogen-bond acceptors (Lipinski definition) is 2. The van der Waals surface area contributed by atoms with Crippen LogP contribution in [-0.2, 0) is 16.6 Å². The summed E-state index contributed by atoms with van der Waals surface area (Å²) < 4.78 is 14.4. The van der Waals surface area contributed by atoms with Gasteiger partial charge in [0.2, 0.25) is 0 Å². The largest absolute Gasteiger partial charge is 0.344 e. The molecule has 0 aliphatic heterocycles. The Morgan fingerprint density at radius 3 is 1.56 bits per heavy atom. The Bertz CT molecular complexity index is 1800. The minimum atomic E-state index is -1.35. The third-order valence-electron chi connectivity index (χ3n) is 7.73. The van der Waals surface area contributed by atoms with Crippen molar-refractivity contribution >= 4 is 40.5 Å². The number of hydrogen-bond donors (Lipinski definition) is 1. The Labute approximate surface area is 269 Å². The van der Waals surface area contributed by atoms with Crippen LogP contribution in [-0.4, -0.2) is 10.1 Å². The molecule has 45 heavy (non-hydrogen) atoms. The van der Waals surface area contributed by atoms with Gasteiger partial charge >= 0.3 is 0 Å². The fourth-order valence-corrected chi connectivity index (χ4v) is 9.76. The first kappa shape index (κ1) is 30.4. The van der Waals surface area contributed by atoms with Crippen molar-refractivity contribution in [2.75, 3.05) is 0 Å². The third-order valence-corrected chi connectivity index (χ3v) is 12.0. The summed E-state index contributed by atoms with van der Waals surface area (Å²) in [6.45, 7) is 0. The van der Waals surface area contributed by atoms with Crippen molar-refractivity contribution in [3.8, 4) is 0 Å². The minimum Gasteiger partial charge on any atom is -0.344 e. The van der Waals surface area contributed by atoms with E-state index in [4.69, 9.17) is 0 Å². The summed E-state index contributed by atoms with van der Waals surface area (Å²) in [5, 5.41) is 6.24. The zero-order valence-electron chi connectivity index (χ0n) is 24.8. The molecule has 0 saturated carbocycles. The molecule has 3 atom stereocenters. The molecule has 0 radical (unpaired) electrons. The van der Waals surface area contributed by atoms with E-state index in [-0.39, 0.29) is 5.91 Å². The van der Waals surface area contributed by atoms with Gasteiger partial charge in [0.25, 0.3) is 5.91 Å². The Balaban J connectivity index is 1.42. The quantitative estimate of drug-likeness (QED) is 0.151. The van der Waals surface area contributed by atoms with Gasteiger partial charge in [-0.2, -0.15) is 0 Å². The average molecular weight is 624 g/mol. The molecule has 1 N–H and O–H groups in total. The van der Waals surface area contributed by atoms with Gasteiger partial charge in [-0.3, -0.25) is 9.00 Å². The maximum absolute atomic E-state index is 14.5. The van der Waals surface area contributed by atoms with Crippen molar-refractivity contribution in [2.24, 2.45) is 0 Å².